The molecule has 1 aromatic carbocycles. The van der Waals surface area contributed by atoms with E-state index < -0.39 is 6.16 Å². The van der Waals surface area contributed by atoms with E-state index in [9.17, 15) is 4.79 Å². The number of rotatable bonds is 4. The number of carbonyl (C=O) groups excluding carboxylic acids is 1. The van der Waals surface area contributed by atoms with E-state index in [0.29, 0.717) is 5.02 Å². The Labute approximate surface area is 110 Å². The molecule has 96 valence electrons. The predicted octanol–water partition coefficient (Wildman–Crippen LogP) is 2.80. The second kappa shape index (κ2) is 7.34. The summed E-state index contributed by atoms with van der Waals surface area (Å²) in [6.45, 7) is 1.88. The molecule has 0 spiro atoms. The molecule has 0 aromatic heterocycles. The van der Waals surface area contributed by atoms with Crippen molar-refractivity contribution in [3.8, 4) is 0 Å². The summed E-state index contributed by atoms with van der Waals surface area (Å²) >= 11 is 5.74. The second-order valence-electron chi connectivity index (χ2n) is 3.18. The van der Waals surface area contributed by atoms with E-state index in [0.717, 1.165) is 5.56 Å². The predicted molar refractivity (Wildman–Crippen MR) is 70.2 cm³/mol. The molecule has 2 N–H and O–H groups in total. The maximum absolute atomic E-state index is 10.8. The number of amidine groups is 1. The number of hydrogen-bond acceptors (Lipinski definition) is 4. The van der Waals surface area contributed by atoms with Gasteiger partial charge in [0.25, 0.3) is 0 Å². The molecule has 0 aliphatic carbocycles. The Kier molecular flexibility index (Phi) is 5.73. The summed E-state index contributed by atoms with van der Waals surface area (Å²) in [5.41, 5.74) is 6.40. The molecule has 18 heavy (non-hydrogen) atoms. The lowest BCUT2D eigenvalue weighted by Gasteiger charge is -1.97. The first kappa shape index (κ1) is 14.1. The Morgan fingerprint density at radius 2 is 2.11 bits per heavy atom. The molecule has 0 amide bonds. The number of oxime groups is 1. The molecule has 0 fully saturated rings. The highest BCUT2D eigenvalue weighted by atomic mass is 35.5. The topological polar surface area (TPSA) is 73.9 Å². The van der Waals surface area contributed by atoms with Gasteiger partial charge in [0.15, 0.2) is 5.84 Å². The molecule has 0 unspecified atom stereocenters. The molecule has 5 nitrogen and oxygen atoms in total. The van der Waals surface area contributed by atoms with Gasteiger partial charge in [-0.25, -0.2) is 4.79 Å². The van der Waals surface area contributed by atoms with E-state index in [1.807, 2.05) is 12.1 Å². The Morgan fingerprint density at radius 3 is 2.72 bits per heavy atom. The van der Waals surface area contributed by atoms with Crippen LogP contribution in [0, 0.1) is 0 Å². The van der Waals surface area contributed by atoms with E-state index >= 15 is 0 Å². The molecule has 0 aliphatic rings. The molecule has 1 aromatic rings. The fourth-order valence-corrected chi connectivity index (χ4v) is 1.15. The van der Waals surface area contributed by atoms with Crippen LogP contribution in [0.3, 0.4) is 0 Å². The average molecular weight is 269 g/mol. The van der Waals surface area contributed by atoms with Crippen LogP contribution < -0.4 is 5.73 Å². The van der Waals surface area contributed by atoms with Crippen molar-refractivity contribution >= 4 is 29.7 Å². The van der Waals surface area contributed by atoms with Gasteiger partial charge < -0.3 is 10.5 Å². The van der Waals surface area contributed by atoms with Gasteiger partial charge in [0.05, 0.1) is 6.61 Å². The normalized spacial score (nSPS) is 11.6. The summed E-state index contributed by atoms with van der Waals surface area (Å²) in [6.07, 6.45) is 2.33. The van der Waals surface area contributed by atoms with Crippen LogP contribution in [-0.2, 0) is 9.57 Å². The number of benzene rings is 1. The van der Waals surface area contributed by atoms with Crippen LogP contribution in [0.5, 0.6) is 0 Å². The van der Waals surface area contributed by atoms with Crippen LogP contribution in [0.4, 0.5) is 4.79 Å². The number of hydrogen-bond donors (Lipinski definition) is 1. The first-order chi connectivity index (χ1) is 8.61. The zero-order chi connectivity index (χ0) is 13.4. The summed E-state index contributed by atoms with van der Waals surface area (Å²) in [5.74, 6) is 0.0537. The van der Waals surface area contributed by atoms with Gasteiger partial charge in [-0.1, -0.05) is 35.0 Å². The zero-order valence-corrected chi connectivity index (χ0v) is 10.6. The molecule has 6 heteroatoms. The quantitative estimate of drug-likeness (QED) is 0.300. The first-order valence-corrected chi connectivity index (χ1v) is 5.60. The molecule has 0 atom stereocenters. The SMILES string of the molecule is CCOC(=O)O/N=C(N)/C=C/c1ccc(Cl)cc1. The van der Waals surface area contributed by atoms with E-state index in [2.05, 4.69) is 14.7 Å². The lowest BCUT2D eigenvalue weighted by atomic mass is 10.2. The van der Waals surface area contributed by atoms with Crippen molar-refractivity contribution in [2.45, 2.75) is 6.92 Å². The highest BCUT2D eigenvalue weighted by molar-refractivity contribution is 6.30. The van der Waals surface area contributed by atoms with E-state index in [1.54, 1.807) is 25.1 Å². The third-order valence-electron chi connectivity index (χ3n) is 1.80. The lowest BCUT2D eigenvalue weighted by molar-refractivity contribution is 0.0613. The van der Waals surface area contributed by atoms with Crippen LogP contribution in [0.1, 0.15) is 12.5 Å². The van der Waals surface area contributed by atoms with Crippen molar-refractivity contribution in [3.63, 3.8) is 0 Å². The highest BCUT2D eigenvalue weighted by Gasteiger charge is 2.00. The van der Waals surface area contributed by atoms with Crippen LogP contribution in [0.25, 0.3) is 6.08 Å². The fraction of sp³-hybridized carbons (Fsp3) is 0.167. The van der Waals surface area contributed by atoms with Gasteiger partial charge in [0, 0.05) is 5.02 Å². The van der Waals surface area contributed by atoms with Crippen molar-refractivity contribution in [2.75, 3.05) is 6.61 Å². The van der Waals surface area contributed by atoms with Gasteiger partial charge in [0.1, 0.15) is 0 Å². The first-order valence-electron chi connectivity index (χ1n) is 5.22. The Morgan fingerprint density at radius 1 is 1.44 bits per heavy atom. The maximum atomic E-state index is 10.8. The van der Waals surface area contributed by atoms with Crippen LogP contribution in [-0.4, -0.2) is 18.6 Å². The van der Waals surface area contributed by atoms with E-state index in [1.165, 1.54) is 6.08 Å². The fourth-order valence-electron chi connectivity index (χ4n) is 1.02. The minimum atomic E-state index is -0.889. The van der Waals surface area contributed by atoms with Crippen LogP contribution in [0.15, 0.2) is 35.5 Å². The van der Waals surface area contributed by atoms with Crippen LogP contribution >= 0.6 is 11.6 Å². The van der Waals surface area contributed by atoms with Crippen molar-refractivity contribution in [1.29, 1.82) is 0 Å². The molecule has 0 radical (unpaired) electrons. The standard InChI is InChI=1S/C12H13ClN2O3/c1-2-17-12(16)18-15-11(14)8-5-9-3-6-10(13)7-4-9/h3-8H,2H2,1H3,(H2,14,15)/b8-5+. The number of nitrogens with zero attached hydrogens (tertiary/aromatic N) is 1. The molecule has 0 saturated carbocycles. The Balaban J connectivity index is 2.53. The minimum Gasteiger partial charge on any atom is -0.433 e. The smallest absolute Gasteiger partial charge is 0.433 e. The summed E-state index contributed by atoms with van der Waals surface area (Å²) in [6, 6.07) is 7.14. The lowest BCUT2D eigenvalue weighted by Crippen LogP contribution is -2.11. The number of halogens is 1. The molecule has 0 aliphatic heterocycles. The van der Waals surface area contributed by atoms with Crippen molar-refractivity contribution in [1.82, 2.24) is 0 Å². The molecule has 1 rings (SSSR count). The third-order valence-corrected chi connectivity index (χ3v) is 2.06. The summed E-state index contributed by atoms with van der Waals surface area (Å²) in [4.78, 5) is 15.2. The van der Waals surface area contributed by atoms with Crippen LogP contribution in [0.2, 0.25) is 5.02 Å². The Hall–Kier alpha value is -2.01. The molecular weight excluding hydrogens is 256 g/mol. The highest BCUT2D eigenvalue weighted by Crippen LogP contribution is 2.10. The second-order valence-corrected chi connectivity index (χ2v) is 3.61. The summed E-state index contributed by atoms with van der Waals surface area (Å²) in [5, 5.41) is 4.03. The molecule has 0 bridgehead atoms. The minimum absolute atomic E-state index is 0.0537. The van der Waals surface area contributed by atoms with Gasteiger partial charge in [-0.3, -0.25) is 4.84 Å². The van der Waals surface area contributed by atoms with Gasteiger partial charge in [-0.05, 0) is 30.7 Å². The Bertz CT molecular complexity index is 455. The summed E-state index contributed by atoms with van der Waals surface area (Å²) in [7, 11) is 0. The molecule has 0 heterocycles. The third kappa shape index (κ3) is 5.36. The van der Waals surface area contributed by atoms with Crippen molar-refractivity contribution in [2.24, 2.45) is 10.9 Å². The van der Waals surface area contributed by atoms with Gasteiger partial charge >= 0.3 is 6.16 Å². The van der Waals surface area contributed by atoms with Gasteiger partial charge in [-0.2, -0.15) is 0 Å². The average Bonchev–Trinajstić information content (AvgIpc) is 2.36. The number of nitrogens with two attached hydrogens (primary N) is 1. The van der Waals surface area contributed by atoms with E-state index in [4.69, 9.17) is 17.3 Å². The largest absolute Gasteiger partial charge is 0.535 e. The maximum Gasteiger partial charge on any atom is 0.535 e. The molecular formula is C12H13ClN2O3. The monoisotopic (exact) mass is 268 g/mol. The van der Waals surface area contributed by atoms with E-state index in [-0.39, 0.29) is 12.4 Å². The van der Waals surface area contributed by atoms with Crippen molar-refractivity contribution < 1.29 is 14.4 Å². The number of ether oxygens (including phenoxy) is 1. The molecule has 0 saturated heterocycles. The summed E-state index contributed by atoms with van der Waals surface area (Å²) < 4.78 is 4.51. The zero-order valence-electron chi connectivity index (χ0n) is 9.80. The number of carbonyl (C=O) groups is 1. The van der Waals surface area contributed by atoms with Gasteiger partial charge in [0.2, 0.25) is 0 Å². The van der Waals surface area contributed by atoms with Crippen molar-refractivity contribution in [3.05, 3.63) is 40.9 Å². The van der Waals surface area contributed by atoms with Gasteiger partial charge in [-0.15, -0.1) is 0 Å².